The van der Waals surface area contributed by atoms with Gasteiger partial charge in [-0.05, 0) is 20.8 Å². The van der Waals surface area contributed by atoms with Crippen LogP contribution in [0.15, 0.2) is 0 Å². The third kappa shape index (κ3) is 4.47. The van der Waals surface area contributed by atoms with Crippen molar-refractivity contribution in [1.82, 2.24) is 10.6 Å². The first-order valence-corrected chi connectivity index (χ1v) is 4.14. The Morgan fingerprint density at radius 2 is 1.85 bits per heavy atom. The molecule has 0 aliphatic heterocycles. The Kier molecular flexibility index (Phi) is 4.40. The van der Waals surface area contributed by atoms with Gasteiger partial charge in [0.2, 0.25) is 0 Å². The van der Waals surface area contributed by atoms with Gasteiger partial charge in [-0.2, -0.15) is 0 Å². The van der Waals surface area contributed by atoms with Crippen LogP contribution in [-0.4, -0.2) is 35.6 Å². The third-order valence-electron chi connectivity index (χ3n) is 1.39. The molecule has 3 N–H and O–H groups in total. The van der Waals surface area contributed by atoms with E-state index in [4.69, 9.17) is 5.11 Å². The summed E-state index contributed by atoms with van der Waals surface area (Å²) < 4.78 is 0. The smallest absolute Gasteiger partial charge is 0.309 e. The van der Waals surface area contributed by atoms with Gasteiger partial charge in [-0.15, -0.1) is 0 Å². The van der Waals surface area contributed by atoms with Gasteiger partial charge in [0.1, 0.15) is 0 Å². The topological polar surface area (TPSA) is 78.4 Å². The second-order valence-electron chi connectivity index (χ2n) is 3.36. The molecule has 0 aromatic carbocycles. The fourth-order valence-corrected chi connectivity index (χ4v) is 0.644. The lowest BCUT2D eigenvalue weighted by Gasteiger charge is -2.22. The Morgan fingerprint density at radius 3 is 2.23 bits per heavy atom. The Morgan fingerprint density at radius 1 is 1.31 bits per heavy atom. The fraction of sp³-hybridized carbons (Fsp3) is 0.750. The molecule has 2 amide bonds. The number of hydrogen-bond acceptors (Lipinski definition) is 3. The maximum atomic E-state index is 11.1. The van der Waals surface area contributed by atoms with Gasteiger partial charge >= 0.3 is 11.8 Å². The molecule has 0 unspecified atom stereocenters. The van der Waals surface area contributed by atoms with Crippen LogP contribution in [0.4, 0.5) is 0 Å². The van der Waals surface area contributed by atoms with Crippen molar-refractivity contribution in [2.45, 2.75) is 26.3 Å². The van der Waals surface area contributed by atoms with Gasteiger partial charge in [0, 0.05) is 6.54 Å². The maximum Gasteiger partial charge on any atom is 0.309 e. The quantitative estimate of drug-likeness (QED) is 0.497. The number of likely N-dealkylation sites (N-methyl/N-ethyl adjacent to an activating group) is 1. The number of hydrogen-bond donors (Lipinski definition) is 3. The van der Waals surface area contributed by atoms with Crippen molar-refractivity contribution in [3.8, 4) is 0 Å². The highest BCUT2D eigenvalue weighted by Gasteiger charge is 2.22. The molecule has 76 valence electrons. The van der Waals surface area contributed by atoms with Crippen LogP contribution in [-0.2, 0) is 9.59 Å². The molecule has 0 aromatic rings. The van der Waals surface area contributed by atoms with E-state index in [1.807, 2.05) is 0 Å². The predicted octanol–water partition coefficient (Wildman–Crippen LogP) is -0.990. The van der Waals surface area contributed by atoms with Crippen LogP contribution < -0.4 is 10.6 Å². The van der Waals surface area contributed by atoms with Crippen molar-refractivity contribution < 1.29 is 14.7 Å². The van der Waals surface area contributed by atoms with Crippen molar-refractivity contribution in [1.29, 1.82) is 0 Å². The van der Waals surface area contributed by atoms with Gasteiger partial charge in [-0.1, -0.05) is 0 Å². The van der Waals surface area contributed by atoms with Gasteiger partial charge in [0.15, 0.2) is 0 Å². The minimum absolute atomic E-state index is 0.210. The highest BCUT2D eigenvalue weighted by Crippen LogP contribution is 1.98. The zero-order valence-electron chi connectivity index (χ0n) is 8.18. The minimum atomic E-state index is -0.762. The first-order chi connectivity index (χ1) is 5.93. The van der Waals surface area contributed by atoms with Crippen LogP contribution in [0.3, 0.4) is 0 Å². The Labute approximate surface area is 77.5 Å². The molecule has 0 aliphatic carbocycles. The summed E-state index contributed by atoms with van der Waals surface area (Å²) in [6.07, 6.45) is 0. The van der Waals surface area contributed by atoms with Crippen molar-refractivity contribution in [2.75, 3.05) is 13.2 Å². The molecule has 0 radical (unpaired) electrons. The van der Waals surface area contributed by atoms with Crippen LogP contribution in [0.1, 0.15) is 20.8 Å². The largest absolute Gasteiger partial charge is 0.394 e. The van der Waals surface area contributed by atoms with E-state index in [9.17, 15) is 9.59 Å². The van der Waals surface area contributed by atoms with E-state index in [1.54, 1.807) is 20.8 Å². The van der Waals surface area contributed by atoms with Crippen molar-refractivity contribution >= 4 is 11.8 Å². The van der Waals surface area contributed by atoms with Gasteiger partial charge in [-0.3, -0.25) is 9.59 Å². The van der Waals surface area contributed by atoms with Gasteiger partial charge in [0.05, 0.1) is 12.1 Å². The lowest BCUT2D eigenvalue weighted by molar-refractivity contribution is -0.140. The van der Waals surface area contributed by atoms with E-state index < -0.39 is 17.4 Å². The number of carbonyl (C=O) groups is 2. The minimum Gasteiger partial charge on any atom is -0.394 e. The van der Waals surface area contributed by atoms with E-state index in [0.29, 0.717) is 6.54 Å². The predicted molar refractivity (Wildman–Crippen MR) is 48.0 cm³/mol. The number of nitrogens with one attached hydrogen (secondary N) is 2. The summed E-state index contributed by atoms with van der Waals surface area (Å²) in [5.74, 6) is -1.40. The fourth-order valence-electron chi connectivity index (χ4n) is 0.644. The van der Waals surface area contributed by atoms with Crippen LogP contribution >= 0.6 is 0 Å². The summed E-state index contributed by atoms with van der Waals surface area (Å²) in [6, 6.07) is 0. The first kappa shape index (κ1) is 11.9. The summed E-state index contributed by atoms with van der Waals surface area (Å²) in [7, 11) is 0. The molecule has 0 fully saturated rings. The number of aliphatic hydroxyl groups is 1. The molecule has 0 rings (SSSR count). The summed E-state index contributed by atoms with van der Waals surface area (Å²) in [4.78, 5) is 22.0. The molecule has 0 saturated carbocycles. The highest BCUT2D eigenvalue weighted by molar-refractivity contribution is 6.35. The molecular formula is C8H16N2O3. The van der Waals surface area contributed by atoms with Crippen molar-refractivity contribution in [3.63, 3.8) is 0 Å². The van der Waals surface area contributed by atoms with E-state index >= 15 is 0 Å². The van der Waals surface area contributed by atoms with Gasteiger partial charge < -0.3 is 15.7 Å². The number of carbonyl (C=O) groups excluding carboxylic acids is 2. The Bertz CT molecular complexity index is 202. The average molecular weight is 188 g/mol. The van der Waals surface area contributed by atoms with Crippen LogP contribution in [0.25, 0.3) is 0 Å². The number of aliphatic hydroxyl groups excluding tert-OH is 1. The zero-order valence-corrected chi connectivity index (χ0v) is 8.18. The average Bonchev–Trinajstić information content (AvgIpc) is 2.04. The Hall–Kier alpha value is -1.10. The second kappa shape index (κ2) is 4.81. The molecule has 13 heavy (non-hydrogen) atoms. The van der Waals surface area contributed by atoms with Crippen LogP contribution in [0.5, 0.6) is 0 Å². The molecule has 0 saturated heterocycles. The molecular weight excluding hydrogens is 172 g/mol. The van der Waals surface area contributed by atoms with E-state index in [0.717, 1.165) is 0 Å². The van der Waals surface area contributed by atoms with Gasteiger partial charge in [-0.25, -0.2) is 0 Å². The summed E-state index contributed by atoms with van der Waals surface area (Å²) in [5, 5.41) is 13.6. The molecule has 0 aliphatic rings. The lowest BCUT2D eigenvalue weighted by atomic mass is 10.1. The van der Waals surface area contributed by atoms with Crippen molar-refractivity contribution in [3.05, 3.63) is 0 Å². The molecule has 0 heterocycles. The van der Waals surface area contributed by atoms with Crippen molar-refractivity contribution in [2.24, 2.45) is 0 Å². The second-order valence-corrected chi connectivity index (χ2v) is 3.36. The van der Waals surface area contributed by atoms with Crippen LogP contribution in [0, 0.1) is 0 Å². The molecule has 0 atom stereocenters. The monoisotopic (exact) mass is 188 g/mol. The molecule has 0 aromatic heterocycles. The lowest BCUT2D eigenvalue weighted by Crippen LogP contribution is -2.51. The number of rotatable bonds is 3. The summed E-state index contributed by atoms with van der Waals surface area (Å²) in [6.45, 7) is 5.18. The number of amides is 2. The molecule has 5 nitrogen and oxygen atoms in total. The van der Waals surface area contributed by atoms with Gasteiger partial charge in [0.25, 0.3) is 0 Å². The Balaban J connectivity index is 4.07. The highest BCUT2D eigenvalue weighted by atomic mass is 16.3. The van der Waals surface area contributed by atoms with E-state index in [1.165, 1.54) is 0 Å². The first-order valence-electron chi connectivity index (χ1n) is 4.14. The zero-order chi connectivity index (χ0) is 10.5. The molecule has 5 heteroatoms. The summed E-state index contributed by atoms with van der Waals surface area (Å²) in [5.41, 5.74) is -0.762. The normalized spacial score (nSPS) is 10.8. The SMILES string of the molecule is CCNC(=O)C(=O)NC(C)(C)CO. The molecule has 0 bridgehead atoms. The summed E-state index contributed by atoms with van der Waals surface area (Å²) >= 11 is 0. The maximum absolute atomic E-state index is 11.1. The van der Waals surface area contributed by atoms with E-state index in [-0.39, 0.29) is 6.61 Å². The molecule has 0 spiro atoms. The van der Waals surface area contributed by atoms with E-state index in [2.05, 4.69) is 10.6 Å². The van der Waals surface area contributed by atoms with Crippen LogP contribution in [0.2, 0.25) is 0 Å². The third-order valence-corrected chi connectivity index (χ3v) is 1.39. The standard InChI is InChI=1S/C8H16N2O3/c1-4-9-6(12)7(13)10-8(2,3)5-11/h11H,4-5H2,1-3H3,(H,9,12)(H,10,13).